The van der Waals surface area contributed by atoms with Crippen LogP contribution in [-0.2, 0) is 11.3 Å². The van der Waals surface area contributed by atoms with Gasteiger partial charge in [-0.3, -0.25) is 4.79 Å². The zero-order valence-electron chi connectivity index (χ0n) is 21.8. The van der Waals surface area contributed by atoms with Crippen molar-refractivity contribution in [2.45, 2.75) is 71.3 Å². The molecule has 6 nitrogen and oxygen atoms in total. The highest BCUT2D eigenvalue weighted by Gasteiger charge is 2.31. The van der Waals surface area contributed by atoms with Crippen LogP contribution in [0.2, 0.25) is 0 Å². The predicted octanol–water partition coefficient (Wildman–Crippen LogP) is 6.36. The largest absolute Gasteiger partial charge is 0.493 e. The highest BCUT2D eigenvalue weighted by molar-refractivity contribution is 5.80. The molecule has 3 rings (SSSR count). The number of hydrogen-bond donors (Lipinski definition) is 0. The minimum atomic E-state index is 0.134. The van der Waals surface area contributed by atoms with Gasteiger partial charge in [-0.2, -0.15) is 0 Å². The van der Waals surface area contributed by atoms with Crippen molar-refractivity contribution in [1.29, 1.82) is 0 Å². The van der Waals surface area contributed by atoms with E-state index in [0.717, 1.165) is 66.9 Å². The summed E-state index contributed by atoms with van der Waals surface area (Å²) in [6.45, 7) is 6.94. The SMILES string of the molecule is CCCCCOc1ccc(CN2CC(c3ccc(OC)c(OCCCCC)c3)CC2=O)cc1OC. The first-order valence-electron chi connectivity index (χ1n) is 13.0. The van der Waals surface area contributed by atoms with Gasteiger partial charge in [0, 0.05) is 25.4 Å². The number of nitrogens with zero attached hydrogens (tertiary/aromatic N) is 1. The topological polar surface area (TPSA) is 57.2 Å². The van der Waals surface area contributed by atoms with Gasteiger partial charge in [-0.25, -0.2) is 0 Å². The average molecular weight is 484 g/mol. The zero-order valence-corrected chi connectivity index (χ0v) is 21.8. The molecule has 1 amide bonds. The molecule has 1 aliphatic rings. The maximum absolute atomic E-state index is 12.9. The zero-order chi connectivity index (χ0) is 25.0. The smallest absolute Gasteiger partial charge is 0.223 e. The molecule has 1 saturated heterocycles. The molecule has 0 bridgehead atoms. The second-order valence-electron chi connectivity index (χ2n) is 9.18. The Kier molecular flexibility index (Phi) is 10.6. The molecule has 1 heterocycles. The molecule has 1 fully saturated rings. The molecule has 0 saturated carbocycles. The number of carbonyl (C=O) groups excluding carboxylic acids is 1. The maximum Gasteiger partial charge on any atom is 0.223 e. The molecule has 2 aromatic rings. The quantitative estimate of drug-likeness (QED) is 0.276. The summed E-state index contributed by atoms with van der Waals surface area (Å²) in [6, 6.07) is 12.0. The number of unbranched alkanes of at least 4 members (excludes halogenated alkanes) is 4. The molecule has 0 spiro atoms. The fourth-order valence-electron chi connectivity index (χ4n) is 4.43. The molecule has 0 aromatic heterocycles. The highest BCUT2D eigenvalue weighted by Crippen LogP contribution is 2.36. The lowest BCUT2D eigenvalue weighted by molar-refractivity contribution is -0.128. The molecule has 1 unspecified atom stereocenters. The van der Waals surface area contributed by atoms with Gasteiger partial charge in [0.1, 0.15) is 0 Å². The van der Waals surface area contributed by atoms with E-state index in [-0.39, 0.29) is 11.8 Å². The maximum atomic E-state index is 12.9. The lowest BCUT2D eigenvalue weighted by atomic mass is 9.98. The van der Waals surface area contributed by atoms with Crippen molar-refractivity contribution in [3.63, 3.8) is 0 Å². The molecule has 192 valence electrons. The number of methoxy groups -OCH3 is 2. The predicted molar refractivity (Wildman–Crippen MR) is 139 cm³/mol. The summed E-state index contributed by atoms with van der Waals surface area (Å²) in [6.07, 6.45) is 7.16. The van der Waals surface area contributed by atoms with Gasteiger partial charge in [-0.15, -0.1) is 0 Å². The fourth-order valence-corrected chi connectivity index (χ4v) is 4.43. The summed E-state index contributed by atoms with van der Waals surface area (Å²) in [5.41, 5.74) is 2.15. The van der Waals surface area contributed by atoms with E-state index in [4.69, 9.17) is 18.9 Å². The summed E-state index contributed by atoms with van der Waals surface area (Å²) >= 11 is 0. The number of rotatable bonds is 15. The van der Waals surface area contributed by atoms with E-state index in [1.54, 1.807) is 14.2 Å². The summed E-state index contributed by atoms with van der Waals surface area (Å²) in [4.78, 5) is 14.8. The van der Waals surface area contributed by atoms with Crippen molar-refractivity contribution in [3.8, 4) is 23.0 Å². The van der Waals surface area contributed by atoms with E-state index >= 15 is 0 Å². The van der Waals surface area contributed by atoms with Gasteiger partial charge in [-0.1, -0.05) is 51.7 Å². The van der Waals surface area contributed by atoms with Crippen molar-refractivity contribution in [2.24, 2.45) is 0 Å². The third kappa shape index (κ3) is 7.55. The van der Waals surface area contributed by atoms with Gasteiger partial charge in [0.15, 0.2) is 23.0 Å². The van der Waals surface area contributed by atoms with Gasteiger partial charge in [0.05, 0.1) is 27.4 Å². The standard InChI is InChI=1S/C29H41NO5/c1-5-7-9-15-34-26-13-11-22(17-27(26)33-4)20-30-21-24(19-29(30)31)23-12-14-25(32-3)28(18-23)35-16-10-8-6-2/h11-14,17-18,24H,5-10,15-16,19-21H2,1-4H3. The summed E-state index contributed by atoms with van der Waals surface area (Å²) in [5.74, 6) is 3.25. The van der Waals surface area contributed by atoms with Crippen LogP contribution in [0.5, 0.6) is 23.0 Å². The van der Waals surface area contributed by atoms with Crippen LogP contribution in [0.3, 0.4) is 0 Å². The van der Waals surface area contributed by atoms with Crippen molar-refractivity contribution in [1.82, 2.24) is 4.90 Å². The first-order valence-corrected chi connectivity index (χ1v) is 13.0. The minimum Gasteiger partial charge on any atom is -0.493 e. The van der Waals surface area contributed by atoms with Crippen LogP contribution in [0.4, 0.5) is 0 Å². The summed E-state index contributed by atoms with van der Waals surface area (Å²) in [7, 11) is 3.31. The molecule has 35 heavy (non-hydrogen) atoms. The molecule has 1 aliphatic heterocycles. The molecule has 1 atom stereocenters. The van der Waals surface area contributed by atoms with E-state index in [1.807, 2.05) is 41.3 Å². The van der Waals surface area contributed by atoms with E-state index in [1.165, 1.54) is 0 Å². The van der Waals surface area contributed by atoms with Crippen LogP contribution >= 0.6 is 0 Å². The van der Waals surface area contributed by atoms with E-state index in [0.29, 0.717) is 38.5 Å². The number of hydrogen-bond acceptors (Lipinski definition) is 5. The Morgan fingerprint density at radius 2 is 1.46 bits per heavy atom. The normalized spacial score (nSPS) is 15.4. The Labute approximate surface area is 210 Å². The van der Waals surface area contributed by atoms with Crippen LogP contribution in [0, 0.1) is 0 Å². The van der Waals surface area contributed by atoms with Crippen molar-refractivity contribution in [3.05, 3.63) is 47.5 Å². The van der Waals surface area contributed by atoms with Crippen molar-refractivity contribution < 1.29 is 23.7 Å². The monoisotopic (exact) mass is 483 g/mol. The van der Waals surface area contributed by atoms with Crippen molar-refractivity contribution >= 4 is 5.91 Å². The van der Waals surface area contributed by atoms with Gasteiger partial charge >= 0.3 is 0 Å². The minimum absolute atomic E-state index is 0.134. The Hall–Kier alpha value is -2.89. The van der Waals surface area contributed by atoms with Crippen molar-refractivity contribution in [2.75, 3.05) is 34.0 Å². The second-order valence-corrected chi connectivity index (χ2v) is 9.18. The van der Waals surface area contributed by atoms with Gasteiger partial charge in [-0.05, 0) is 48.2 Å². The Balaban J connectivity index is 1.63. The van der Waals surface area contributed by atoms with Crippen LogP contribution in [0.1, 0.15) is 75.8 Å². The molecule has 6 heteroatoms. The Morgan fingerprint density at radius 1 is 0.800 bits per heavy atom. The lowest BCUT2D eigenvalue weighted by Gasteiger charge is -2.19. The van der Waals surface area contributed by atoms with Crippen LogP contribution in [0.25, 0.3) is 0 Å². The number of carbonyl (C=O) groups is 1. The molecule has 2 aromatic carbocycles. The van der Waals surface area contributed by atoms with Gasteiger partial charge in [0.25, 0.3) is 0 Å². The van der Waals surface area contributed by atoms with Crippen LogP contribution < -0.4 is 18.9 Å². The third-order valence-electron chi connectivity index (χ3n) is 6.49. The lowest BCUT2D eigenvalue weighted by Crippen LogP contribution is -2.24. The molecule has 0 radical (unpaired) electrons. The molecular formula is C29H41NO5. The van der Waals surface area contributed by atoms with Gasteiger partial charge in [0.2, 0.25) is 5.91 Å². The average Bonchev–Trinajstić information content (AvgIpc) is 3.24. The summed E-state index contributed by atoms with van der Waals surface area (Å²) < 4.78 is 22.9. The van der Waals surface area contributed by atoms with Gasteiger partial charge < -0.3 is 23.8 Å². The first-order chi connectivity index (χ1) is 17.1. The Bertz CT molecular complexity index is 945. The second kappa shape index (κ2) is 13.9. The van der Waals surface area contributed by atoms with E-state index in [9.17, 15) is 4.79 Å². The number of amides is 1. The highest BCUT2D eigenvalue weighted by atomic mass is 16.5. The third-order valence-corrected chi connectivity index (χ3v) is 6.49. The van der Waals surface area contributed by atoms with E-state index < -0.39 is 0 Å². The van der Waals surface area contributed by atoms with Crippen LogP contribution in [0.15, 0.2) is 36.4 Å². The number of benzene rings is 2. The molecular weight excluding hydrogens is 442 g/mol. The number of ether oxygens (including phenoxy) is 4. The fraction of sp³-hybridized carbons (Fsp3) is 0.552. The summed E-state index contributed by atoms with van der Waals surface area (Å²) in [5, 5.41) is 0. The van der Waals surface area contributed by atoms with Crippen LogP contribution in [-0.4, -0.2) is 44.8 Å². The number of likely N-dealkylation sites (tertiary alicyclic amines) is 1. The Morgan fingerprint density at radius 3 is 2.11 bits per heavy atom. The molecule has 0 N–H and O–H groups in total. The molecule has 0 aliphatic carbocycles. The first kappa shape index (κ1) is 26.7. The van der Waals surface area contributed by atoms with E-state index in [2.05, 4.69) is 13.8 Å².